The summed E-state index contributed by atoms with van der Waals surface area (Å²) in [5, 5.41) is 0.664. The summed E-state index contributed by atoms with van der Waals surface area (Å²) in [5.74, 6) is 1.00. The lowest BCUT2D eigenvalue weighted by atomic mass is 10.1. The van der Waals surface area contributed by atoms with E-state index >= 15 is 0 Å². The average Bonchev–Trinajstić information content (AvgIpc) is 2.80. The smallest absolute Gasteiger partial charge is 0.261 e. The molecule has 0 aliphatic carbocycles. The van der Waals surface area contributed by atoms with Gasteiger partial charge in [-0.1, -0.05) is 49.4 Å². The molecule has 1 saturated heterocycles. The van der Waals surface area contributed by atoms with E-state index in [1.54, 1.807) is 0 Å². The fourth-order valence-electron chi connectivity index (χ4n) is 4.86. The van der Waals surface area contributed by atoms with Gasteiger partial charge in [0.15, 0.2) is 0 Å². The van der Waals surface area contributed by atoms with Crippen molar-refractivity contribution in [3.63, 3.8) is 0 Å². The number of piperazine rings is 1. The highest BCUT2D eigenvalue weighted by molar-refractivity contribution is 5.79. The Bertz CT molecular complexity index is 1140. The van der Waals surface area contributed by atoms with E-state index in [1.165, 1.54) is 0 Å². The van der Waals surface area contributed by atoms with Crippen molar-refractivity contribution in [3.05, 3.63) is 76.3 Å². The molecule has 6 heteroatoms. The summed E-state index contributed by atoms with van der Waals surface area (Å²) in [6.45, 7) is 9.07. The maximum absolute atomic E-state index is 13.1. The zero-order chi connectivity index (χ0) is 22.7. The van der Waals surface area contributed by atoms with Crippen molar-refractivity contribution in [2.75, 3.05) is 19.6 Å². The topological polar surface area (TPSA) is 58.4 Å². The van der Waals surface area contributed by atoms with Gasteiger partial charge in [-0.25, -0.2) is 4.98 Å². The quantitative estimate of drug-likeness (QED) is 0.597. The van der Waals surface area contributed by atoms with Crippen LogP contribution in [0.4, 0.5) is 0 Å². The van der Waals surface area contributed by atoms with Gasteiger partial charge in [-0.05, 0) is 38.0 Å². The maximum Gasteiger partial charge on any atom is 0.261 e. The molecule has 3 aromatic rings. The first kappa shape index (κ1) is 22.2. The van der Waals surface area contributed by atoms with Crippen molar-refractivity contribution in [2.45, 2.75) is 52.2 Å². The highest BCUT2D eigenvalue weighted by atomic mass is 16.2. The van der Waals surface area contributed by atoms with Crippen LogP contribution in [0.25, 0.3) is 10.9 Å². The molecule has 32 heavy (non-hydrogen) atoms. The van der Waals surface area contributed by atoms with Gasteiger partial charge in [-0.2, -0.15) is 0 Å². The fraction of sp³-hybridized carbons (Fsp3) is 0.423. The third-order valence-electron chi connectivity index (χ3n) is 6.51. The van der Waals surface area contributed by atoms with Crippen molar-refractivity contribution < 1.29 is 4.79 Å². The second-order valence-corrected chi connectivity index (χ2v) is 8.55. The lowest BCUT2D eigenvalue weighted by Gasteiger charge is -2.43. The first-order valence-corrected chi connectivity index (χ1v) is 11.6. The lowest BCUT2D eigenvalue weighted by Crippen LogP contribution is -2.55. The molecule has 1 amide bonds. The van der Waals surface area contributed by atoms with Gasteiger partial charge in [0.2, 0.25) is 5.91 Å². The molecule has 6 nitrogen and oxygen atoms in total. The number of hydrogen-bond acceptors (Lipinski definition) is 4. The van der Waals surface area contributed by atoms with Gasteiger partial charge in [0, 0.05) is 32.2 Å². The summed E-state index contributed by atoms with van der Waals surface area (Å²) in [4.78, 5) is 35.4. The number of benzene rings is 2. The molecule has 1 fully saturated rings. The first-order chi connectivity index (χ1) is 15.5. The number of fused-ring (bicyclic) bond motifs is 1. The first-order valence-electron chi connectivity index (χ1n) is 11.6. The van der Waals surface area contributed by atoms with Crippen molar-refractivity contribution >= 4 is 16.8 Å². The largest absolute Gasteiger partial charge is 0.337 e. The monoisotopic (exact) mass is 432 g/mol. The predicted molar refractivity (Wildman–Crippen MR) is 128 cm³/mol. The van der Waals surface area contributed by atoms with Crippen LogP contribution < -0.4 is 5.56 Å². The Kier molecular flexibility index (Phi) is 6.70. The van der Waals surface area contributed by atoms with Crippen LogP contribution in [0.15, 0.2) is 59.4 Å². The van der Waals surface area contributed by atoms with E-state index in [0.717, 1.165) is 36.4 Å². The molecule has 0 radical (unpaired) electrons. The van der Waals surface area contributed by atoms with Crippen LogP contribution in [-0.2, 0) is 17.8 Å². The fourth-order valence-corrected chi connectivity index (χ4v) is 4.86. The molecule has 0 N–H and O–H groups in total. The van der Waals surface area contributed by atoms with E-state index in [2.05, 4.69) is 18.7 Å². The molecule has 0 bridgehead atoms. The van der Waals surface area contributed by atoms with Crippen LogP contribution in [0.2, 0.25) is 0 Å². The molecule has 0 spiro atoms. The highest BCUT2D eigenvalue weighted by Crippen LogP contribution is 2.26. The minimum Gasteiger partial charge on any atom is -0.337 e. The third-order valence-corrected chi connectivity index (χ3v) is 6.51. The molecule has 2 heterocycles. The second-order valence-electron chi connectivity index (χ2n) is 8.55. The zero-order valence-electron chi connectivity index (χ0n) is 19.2. The number of para-hydroxylation sites is 1. The Morgan fingerprint density at radius 3 is 2.47 bits per heavy atom. The van der Waals surface area contributed by atoms with Crippen molar-refractivity contribution in [3.8, 4) is 0 Å². The normalized spacial score (nSPS) is 18.1. The third kappa shape index (κ3) is 4.32. The van der Waals surface area contributed by atoms with Gasteiger partial charge in [-0.15, -0.1) is 0 Å². The minimum atomic E-state index is 0.0243. The van der Waals surface area contributed by atoms with Crippen LogP contribution >= 0.6 is 0 Å². The molecule has 1 aliphatic heterocycles. The lowest BCUT2D eigenvalue weighted by molar-refractivity contribution is -0.135. The standard InChI is InChI=1S/C26H32N4O2/c1-4-23(25-27-22-14-10-9-13-21(22)26(32)29(25)5-2)28-15-16-30(19(3)18-28)24(31)17-20-11-7-6-8-12-20/h6-14,19,23H,4-5,15-18H2,1-3H3. The Morgan fingerprint density at radius 1 is 1.06 bits per heavy atom. The Hall–Kier alpha value is -2.99. The van der Waals surface area contributed by atoms with E-state index in [1.807, 2.05) is 71.0 Å². The van der Waals surface area contributed by atoms with E-state index in [0.29, 0.717) is 24.9 Å². The number of hydrogen-bond donors (Lipinski definition) is 0. The highest BCUT2D eigenvalue weighted by Gasteiger charge is 2.32. The molecule has 0 saturated carbocycles. The van der Waals surface area contributed by atoms with E-state index in [4.69, 9.17) is 4.98 Å². The summed E-state index contributed by atoms with van der Waals surface area (Å²) in [6, 6.07) is 17.6. The average molecular weight is 433 g/mol. The molecule has 2 unspecified atom stereocenters. The summed E-state index contributed by atoms with van der Waals surface area (Å²) >= 11 is 0. The van der Waals surface area contributed by atoms with E-state index < -0.39 is 0 Å². The predicted octanol–water partition coefficient (Wildman–Crippen LogP) is 3.64. The van der Waals surface area contributed by atoms with Gasteiger partial charge in [-0.3, -0.25) is 19.1 Å². The number of nitrogens with zero attached hydrogens (tertiary/aromatic N) is 4. The number of rotatable bonds is 6. The van der Waals surface area contributed by atoms with Crippen LogP contribution in [0.1, 0.15) is 44.6 Å². The molecule has 2 atom stereocenters. The summed E-state index contributed by atoms with van der Waals surface area (Å²) in [7, 11) is 0. The number of aromatic nitrogens is 2. The van der Waals surface area contributed by atoms with Crippen molar-refractivity contribution in [2.24, 2.45) is 0 Å². The Balaban J connectivity index is 1.55. The molecular formula is C26H32N4O2. The summed E-state index contributed by atoms with van der Waals surface area (Å²) < 4.78 is 1.81. The Morgan fingerprint density at radius 2 is 1.78 bits per heavy atom. The summed E-state index contributed by atoms with van der Waals surface area (Å²) in [6.07, 6.45) is 1.29. The number of amides is 1. The number of carbonyl (C=O) groups is 1. The van der Waals surface area contributed by atoms with Crippen LogP contribution in [0.3, 0.4) is 0 Å². The van der Waals surface area contributed by atoms with Gasteiger partial charge in [0.25, 0.3) is 5.56 Å². The number of carbonyl (C=O) groups excluding carboxylic acids is 1. The maximum atomic E-state index is 13.1. The molecule has 168 valence electrons. The summed E-state index contributed by atoms with van der Waals surface area (Å²) in [5.41, 5.74) is 1.82. The van der Waals surface area contributed by atoms with Crippen LogP contribution in [0.5, 0.6) is 0 Å². The van der Waals surface area contributed by atoms with Crippen LogP contribution in [-0.4, -0.2) is 50.9 Å². The molecule has 2 aromatic carbocycles. The SMILES string of the molecule is CCC(c1nc2ccccc2c(=O)n1CC)N1CCN(C(=O)Cc2ccccc2)C(C)C1. The molecular weight excluding hydrogens is 400 g/mol. The van der Waals surface area contributed by atoms with Crippen LogP contribution in [0, 0.1) is 0 Å². The van der Waals surface area contributed by atoms with Crippen molar-refractivity contribution in [1.29, 1.82) is 0 Å². The van der Waals surface area contributed by atoms with Crippen molar-refractivity contribution in [1.82, 2.24) is 19.4 Å². The Labute approximate surface area is 189 Å². The molecule has 4 rings (SSSR count). The zero-order valence-corrected chi connectivity index (χ0v) is 19.2. The van der Waals surface area contributed by atoms with Gasteiger partial charge in [0.1, 0.15) is 5.82 Å². The van der Waals surface area contributed by atoms with E-state index in [-0.39, 0.29) is 23.6 Å². The molecule has 1 aliphatic rings. The minimum absolute atomic E-state index is 0.0243. The van der Waals surface area contributed by atoms with Gasteiger partial charge in [0.05, 0.1) is 23.4 Å². The molecule has 1 aromatic heterocycles. The van der Waals surface area contributed by atoms with Gasteiger partial charge < -0.3 is 4.90 Å². The van der Waals surface area contributed by atoms with Gasteiger partial charge >= 0.3 is 0 Å². The van der Waals surface area contributed by atoms with E-state index in [9.17, 15) is 9.59 Å². The second kappa shape index (κ2) is 9.65.